The lowest BCUT2D eigenvalue weighted by Gasteiger charge is -2.35. The summed E-state index contributed by atoms with van der Waals surface area (Å²) in [5.41, 5.74) is 4.84. The molecule has 170 valence electrons. The highest BCUT2D eigenvalue weighted by atomic mass is 16.5. The molecule has 2 aromatic carbocycles. The first-order valence-electron chi connectivity index (χ1n) is 11.9. The smallest absolute Gasteiger partial charge is 0.230 e. The van der Waals surface area contributed by atoms with Gasteiger partial charge in [-0.05, 0) is 55.8 Å². The molecule has 1 atom stereocenters. The zero-order chi connectivity index (χ0) is 21.9. The van der Waals surface area contributed by atoms with Crippen molar-refractivity contribution in [2.75, 3.05) is 80.8 Å². The molecule has 0 unspecified atom stereocenters. The third-order valence-corrected chi connectivity index (χ3v) is 7.16. The Bertz CT molecular complexity index is 918. The summed E-state index contributed by atoms with van der Waals surface area (Å²) in [4.78, 5) is 22.5. The minimum absolute atomic E-state index is 0.0579. The van der Waals surface area contributed by atoms with Crippen molar-refractivity contribution in [2.24, 2.45) is 5.92 Å². The molecule has 0 spiro atoms. The van der Waals surface area contributed by atoms with Crippen molar-refractivity contribution in [2.45, 2.75) is 12.8 Å². The van der Waals surface area contributed by atoms with Gasteiger partial charge in [0.25, 0.3) is 0 Å². The van der Waals surface area contributed by atoms with E-state index in [1.807, 2.05) is 4.90 Å². The van der Waals surface area contributed by atoms with Crippen LogP contribution in [0.2, 0.25) is 0 Å². The van der Waals surface area contributed by atoms with Crippen LogP contribution in [-0.4, -0.2) is 76.9 Å². The molecule has 0 radical (unpaired) electrons. The molecule has 0 N–H and O–H groups in total. The highest BCUT2D eigenvalue weighted by Gasteiger charge is 2.33. The van der Waals surface area contributed by atoms with Crippen LogP contribution in [0.3, 0.4) is 0 Å². The van der Waals surface area contributed by atoms with Crippen molar-refractivity contribution in [3.8, 4) is 0 Å². The minimum Gasteiger partial charge on any atom is -0.378 e. The number of para-hydroxylation sites is 1. The molecule has 0 aromatic heterocycles. The number of amides is 1. The lowest BCUT2D eigenvalue weighted by atomic mass is 9.96. The molecule has 3 aliphatic rings. The number of anilines is 3. The minimum atomic E-state index is 0.0579. The van der Waals surface area contributed by atoms with Gasteiger partial charge < -0.3 is 24.3 Å². The molecule has 1 amide bonds. The summed E-state index contributed by atoms with van der Waals surface area (Å²) in [5, 5.41) is 0. The van der Waals surface area contributed by atoms with Crippen LogP contribution < -0.4 is 14.7 Å². The number of piperazine rings is 1. The normalized spacial score (nSPS) is 22.6. The Morgan fingerprint density at radius 1 is 0.812 bits per heavy atom. The lowest BCUT2D eigenvalue weighted by molar-refractivity contribution is -0.120. The Labute approximate surface area is 191 Å². The van der Waals surface area contributed by atoms with Gasteiger partial charge in [0, 0.05) is 68.8 Å². The SMILES string of the molecule is CN1CCN(c2ccccc2C[C@H]2CCN(c3ccc(N4CCOCC4)cc3)C2=O)CC1. The second-order valence-electron chi connectivity index (χ2n) is 9.21. The summed E-state index contributed by atoms with van der Waals surface area (Å²) in [5.74, 6) is 0.319. The number of benzene rings is 2. The summed E-state index contributed by atoms with van der Waals surface area (Å²) in [7, 11) is 2.18. The molecular weight excluding hydrogens is 400 g/mol. The van der Waals surface area contributed by atoms with Crippen molar-refractivity contribution in [3.63, 3.8) is 0 Å². The first-order valence-corrected chi connectivity index (χ1v) is 11.9. The van der Waals surface area contributed by atoms with Crippen LogP contribution in [0.25, 0.3) is 0 Å². The molecule has 6 nitrogen and oxygen atoms in total. The van der Waals surface area contributed by atoms with Crippen molar-refractivity contribution in [1.82, 2.24) is 4.90 Å². The average Bonchev–Trinajstić information content (AvgIpc) is 3.20. The third kappa shape index (κ3) is 4.48. The van der Waals surface area contributed by atoms with Crippen LogP contribution in [-0.2, 0) is 16.0 Å². The van der Waals surface area contributed by atoms with Gasteiger partial charge in [0.05, 0.1) is 13.2 Å². The number of carbonyl (C=O) groups excluding carboxylic acids is 1. The van der Waals surface area contributed by atoms with Crippen molar-refractivity contribution in [3.05, 3.63) is 54.1 Å². The maximum atomic E-state index is 13.3. The Morgan fingerprint density at radius 2 is 1.50 bits per heavy atom. The molecule has 3 saturated heterocycles. The number of rotatable bonds is 5. The van der Waals surface area contributed by atoms with Gasteiger partial charge in [-0.1, -0.05) is 18.2 Å². The molecule has 0 bridgehead atoms. The van der Waals surface area contributed by atoms with E-state index in [0.29, 0.717) is 0 Å². The Morgan fingerprint density at radius 3 is 2.25 bits per heavy atom. The molecule has 32 heavy (non-hydrogen) atoms. The van der Waals surface area contributed by atoms with Crippen LogP contribution in [0.4, 0.5) is 17.1 Å². The van der Waals surface area contributed by atoms with Gasteiger partial charge in [0.2, 0.25) is 5.91 Å². The maximum absolute atomic E-state index is 13.3. The standard InChI is InChI=1S/C26H34N4O2/c1-27-12-14-29(15-13-27)25-5-3-2-4-21(25)20-22-10-11-30(26(22)31)24-8-6-23(7-9-24)28-16-18-32-19-17-28/h2-9,22H,10-20H2,1H3/t22-/m1/s1. The van der Waals surface area contributed by atoms with Gasteiger partial charge in [-0.25, -0.2) is 0 Å². The molecule has 3 heterocycles. The first-order chi connectivity index (χ1) is 15.7. The van der Waals surface area contributed by atoms with Crippen molar-refractivity contribution in [1.29, 1.82) is 0 Å². The summed E-state index contributed by atoms with van der Waals surface area (Å²) in [6, 6.07) is 17.1. The largest absolute Gasteiger partial charge is 0.378 e. The number of morpholine rings is 1. The maximum Gasteiger partial charge on any atom is 0.230 e. The molecule has 5 rings (SSSR count). The van der Waals surface area contributed by atoms with E-state index in [-0.39, 0.29) is 11.8 Å². The monoisotopic (exact) mass is 434 g/mol. The predicted molar refractivity (Wildman–Crippen MR) is 130 cm³/mol. The van der Waals surface area contributed by atoms with E-state index in [2.05, 4.69) is 70.3 Å². The van der Waals surface area contributed by atoms with Crippen LogP contribution in [0, 0.1) is 5.92 Å². The molecule has 2 aromatic rings. The van der Waals surface area contributed by atoms with Crippen molar-refractivity contribution >= 4 is 23.0 Å². The fourth-order valence-corrected chi connectivity index (χ4v) is 5.15. The molecule has 3 fully saturated rings. The number of ether oxygens (including phenoxy) is 1. The number of hydrogen-bond acceptors (Lipinski definition) is 5. The first kappa shape index (κ1) is 21.3. The van der Waals surface area contributed by atoms with Gasteiger partial charge in [-0.2, -0.15) is 0 Å². The summed E-state index contributed by atoms with van der Waals surface area (Å²) < 4.78 is 5.45. The zero-order valence-electron chi connectivity index (χ0n) is 19.1. The van der Waals surface area contributed by atoms with E-state index in [1.54, 1.807) is 0 Å². The third-order valence-electron chi connectivity index (χ3n) is 7.16. The Hall–Kier alpha value is -2.57. The van der Waals surface area contributed by atoms with Crippen LogP contribution >= 0.6 is 0 Å². The van der Waals surface area contributed by atoms with Crippen LogP contribution in [0.15, 0.2) is 48.5 Å². The highest BCUT2D eigenvalue weighted by molar-refractivity contribution is 5.97. The molecule has 0 aliphatic carbocycles. The summed E-state index contributed by atoms with van der Waals surface area (Å²) >= 11 is 0. The molecular formula is C26H34N4O2. The number of hydrogen-bond donors (Lipinski definition) is 0. The summed E-state index contributed by atoms with van der Waals surface area (Å²) in [6.45, 7) is 8.50. The van der Waals surface area contributed by atoms with Gasteiger partial charge in [0.15, 0.2) is 0 Å². The second kappa shape index (κ2) is 9.51. The fraction of sp³-hybridized carbons (Fsp3) is 0.500. The van der Waals surface area contributed by atoms with Gasteiger partial charge in [-0.15, -0.1) is 0 Å². The number of carbonyl (C=O) groups is 1. The quantitative estimate of drug-likeness (QED) is 0.724. The molecule has 0 saturated carbocycles. The van der Waals surface area contributed by atoms with Crippen LogP contribution in [0.1, 0.15) is 12.0 Å². The topological polar surface area (TPSA) is 39.3 Å². The average molecular weight is 435 g/mol. The van der Waals surface area contributed by atoms with Crippen molar-refractivity contribution < 1.29 is 9.53 Å². The Balaban J connectivity index is 1.25. The summed E-state index contributed by atoms with van der Waals surface area (Å²) in [6.07, 6.45) is 1.74. The second-order valence-corrected chi connectivity index (χ2v) is 9.21. The van der Waals surface area contributed by atoms with E-state index in [0.717, 1.165) is 77.6 Å². The number of likely N-dealkylation sites (N-methyl/N-ethyl adjacent to an activating group) is 1. The lowest BCUT2D eigenvalue weighted by Crippen LogP contribution is -2.44. The van der Waals surface area contributed by atoms with E-state index in [4.69, 9.17) is 4.74 Å². The van der Waals surface area contributed by atoms with E-state index >= 15 is 0 Å². The van der Waals surface area contributed by atoms with E-state index < -0.39 is 0 Å². The fourth-order valence-electron chi connectivity index (χ4n) is 5.15. The van der Waals surface area contributed by atoms with Crippen LogP contribution in [0.5, 0.6) is 0 Å². The van der Waals surface area contributed by atoms with Gasteiger partial charge >= 0.3 is 0 Å². The van der Waals surface area contributed by atoms with Gasteiger partial charge in [0.1, 0.15) is 0 Å². The molecule has 3 aliphatic heterocycles. The Kier molecular flexibility index (Phi) is 6.32. The van der Waals surface area contributed by atoms with E-state index in [9.17, 15) is 4.79 Å². The zero-order valence-corrected chi connectivity index (χ0v) is 19.1. The molecule has 6 heteroatoms. The highest BCUT2D eigenvalue weighted by Crippen LogP contribution is 2.32. The predicted octanol–water partition coefficient (Wildman–Crippen LogP) is 2.87. The van der Waals surface area contributed by atoms with Gasteiger partial charge in [-0.3, -0.25) is 4.79 Å². The van der Waals surface area contributed by atoms with E-state index in [1.165, 1.54) is 16.9 Å². The number of nitrogens with zero attached hydrogens (tertiary/aromatic N) is 4.